The minimum atomic E-state index is 0.0618. The molecule has 2 heterocycles. The van der Waals surface area contributed by atoms with Crippen LogP contribution in [0.2, 0.25) is 0 Å². The Morgan fingerprint density at radius 2 is 2.21 bits per heavy atom. The summed E-state index contributed by atoms with van der Waals surface area (Å²) < 4.78 is 4.49. The van der Waals surface area contributed by atoms with Gasteiger partial charge in [-0.15, -0.1) is 0 Å². The van der Waals surface area contributed by atoms with Gasteiger partial charge in [0.05, 0.1) is 5.92 Å². The van der Waals surface area contributed by atoms with E-state index in [2.05, 4.69) is 38.6 Å². The van der Waals surface area contributed by atoms with Gasteiger partial charge in [-0.25, -0.2) is 4.98 Å². The quantitative estimate of drug-likeness (QED) is 0.875. The van der Waals surface area contributed by atoms with Crippen LogP contribution in [-0.4, -0.2) is 34.9 Å². The molecule has 1 aromatic carbocycles. The van der Waals surface area contributed by atoms with Crippen LogP contribution in [0.15, 0.2) is 30.3 Å². The first-order valence-electron chi connectivity index (χ1n) is 8.65. The molecule has 1 fully saturated rings. The number of hydrogen-bond donors (Lipinski definition) is 1. The Morgan fingerprint density at radius 3 is 3.00 bits per heavy atom. The van der Waals surface area contributed by atoms with Gasteiger partial charge >= 0.3 is 0 Å². The number of aromatic nitrogens is 2. The van der Waals surface area contributed by atoms with Gasteiger partial charge in [0, 0.05) is 37.6 Å². The highest BCUT2D eigenvalue weighted by atomic mass is 32.1. The van der Waals surface area contributed by atoms with Gasteiger partial charge in [0.1, 0.15) is 5.82 Å². The lowest BCUT2D eigenvalue weighted by molar-refractivity contribution is -0.125. The zero-order chi connectivity index (χ0) is 16.8. The Bertz CT molecular complexity index is 658. The van der Waals surface area contributed by atoms with E-state index in [4.69, 9.17) is 0 Å². The Labute approximate surface area is 147 Å². The second-order valence-corrected chi connectivity index (χ2v) is 6.96. The van der Waals surface area contributed by atoms with Crippen LogP contribution in [0.4, 0.5) is 5.13 Å². The summed E-state index contributed by atoms with van der Waals surface area (Å²) in [4.78, 5) is 19.1. The Kier molecular flexibility index (Phi) is 5.80. The Balaban J connectivity index is 1.61. The Morgan fingerprint density at radius 1 is 1.38 bits per heavy atom. The SMILES string of the molecule is CCCNC(=O)C1CCCN(c2nc(Cc3ccccc3)ns2)C1. The highest BCUT2D eigenvalue weighted by molar-refractivity contribution is 7.09. The van der Waals surface area contributed by atoms with E-state index in [9.17, 15) is 4.79 Å². The molecule has 0 radical (unpaired) electrons. The van der Waals surface area contributed by atoms with Crippen LogP contribution in [0.25, 0.3) is 0 Å². The van der Waals surface area contributed by atoms with E-state index in [-0.39, 0.29) is 11.8 Å². The maximum Gasteiger partial charge on any atom is 0.224 e. The lowest BCUT2D eigenvalue weighted by Gasteiger charge is -2.31. The van der Waals surface area contributed by atoms with Crippen molar-refractivity contribution in [2.24, 2.45) is 5.92 Å². The second kappa shape index (κ2) is 8.24. The molecule has 0 saturated carbocycles. The van der Waals surface area contributed by atoms with Crippen molar-refractivity contribution in [2.45, 2.75) is 32.6 Å². The lowest BCUT2D eigenvalue weighted by Crippen LogP contribution is -2.43. The molecule has 0 aliphatic carbocycles. The third-order valence-corrected chi connectivity index (χ3v) is 5.09. The van der Waals surface area contributed by atoms with Gasteiger partial charge in [0.2, 0.25) is 11.0 Å². The van der Waals surface area contributed by atoms with Crippen LogP contribution in [0.1, 0.15) is 37.6 Å². The standard InChI is InChI=1S/C18H24N4OS/c1-2-10-19-17(23)15-9-6-11-22(13-15)18-20-16(21-24-18)12-14-7-4-3-5-8-14/h3-5,7-8,15H,2,6,9-13H2,1H3,(H,19,23). The molecule has 1 saturated heterocycles. The minimum absolute atomic E-state index is 0.0618. The van der Waals surface area contributed by atoms with Crippen LogP contribution in [0.5, 0.6) is 0 Å². The fourth-order valence-corrected chi connectivity index (χ4v) is 3.70. The Hall–Kier alpha value is -1.95. The largest absolute Gasteiger partial charge is 0.356 e. The van der Waals surface area contributed by atoms with Gasteiger partial charge in [-0.2, -0.15) is 4.37 Å². The van der Waals surface area contributed by atoms with Crippen molar-refractivity contribution in [1.82, 2.24) is 14.7 Å². The van der Waals surface area contributed by atoms with Crippen LogP contribution in [0.3, 0.4) is 0 Å². The van der Waals surface area contributed by atoms with E-state index in [0.29, 0.717) is 0 Å². The lowest BCUT2D eigenvalue weighted by atomic mass is 9.97. The van der Waals surface area contributed by atoms with E-state index in [0.717, 1.165) is 56.3 Å². The number of nitrogens with zero attached hydrogens (tertiary/aromatic N) is 3. The average Bonchev–Trinajstić information content (AvgIpc) is 3.09. The number of rotatable bonds is 6. The molecule has 1 aromatic heterocycles. The molecular formula is C18H24N4OS. The number of amides is 1. The first-order valence-corrected chi connectivity index (χ1v) is 9.42. The van der Waals surface area contributed by atoms with Crippen LogP contribution < -0.4 is 10.2 Å². The van der Waals surface area contributed by atoms with Gasteiger partial charge in [0.25, 0.3) is 0 Å². The summed E-state index contributed by atoms with van der Waals surface area (Å²) >= 11 is 1.44. The predicted octanol–water partition coefficient (Wildman–Crippen LogP) is 2.87. The fraction of sp³-hybridized carbons (Fsp3) is 0.500. The summed E-state index contributed by atoms with van der Waals surface area (Å²) in [5, 5.41) is 3.95. The molecule has 1 amide bonds. The monoisotopic (exact) mass is 344 g/mol. The topological polar surface area (TPSA) is 58.1 Å². The molecule has 3 rings (SSSR count). The number of benzene rings is 1. The smallest absolute Gasteiger partial charge is 0.224 e. The van der Waals surface area contributed by atoms with Crippen molar-refractivity contribution in [2.75, 3.05) is 24.5 Å². The summed E-state index contributed by atoms with van der Waals surface area (Å²) in [7, 11) is 0. The molecule has 1 aliphatic rings. The number of piperidine rings is 1. The van der Waals surface area contributed by atoms with Gasteiger partial charge < -0.3 is 10.2 Å². The van der Waals surface area contributed by atoms with E-state index >= 15 is 0 Å². The molecular weight excluding hydrogens is 320 g/mol. The molecule has 1 unspecified atom stereocenters. The van der Waals surface area contributed by atoms with Crippen LogP contribution in [-0.2, 0) is 11.2 Å². The number of carbonyl (C=O) groups excluding carboxylic acids is 1. The maximum atomic E-state index is 12.2. The first kappa shape index (κ1) is 16.9. The molecule has 0 bridgehead atoms. The summed E-state index contributed by atoms with van der Waals surface area (Å²) in [6.45, 7) is 4.53. The number of nitrogens with one attached hydrogen (secondary N) is 1. The van der Waals surface area contributed by atoms with E-state index in [1.165, 1.54) is 17.1 Å². The summed E-state index contributed by atoms with van der Waals surface area (Å²) in [5.41, 5.74) is 1.22. The van der Waals surface area contributed by atoms with Crippen molar-refractivity contribution in [3.8, 4) is 0 Å². The minimum Gasteiger partial charge on any atom is -0.356 e. The fourth-order valence-electron chi connectivity index (χ4n) is 2.98. The van der Waals surface area contributed by atoms with Crippen molar-refractivity contribution >= 4 is 22.6 Å². The third kappa shape index (κ3) is 4.32. The molecule has 1 atom stereocenters. The molecule has 0 spiro atoms. The van der Waals surface area contributed by atoms with E-state index in [1.54, 1.807) is 0 Å². The summed E-state index contributed by atoms with van der Waals surface area (Å²) in [6.07, 6.45) is 3.71. The van der Waals surface area contributed by atoms with Crippen molar-refractivity contribution < 1.29 is 4.79 Å². The summed E-state index contributed by atoms with van der Waals surface area (Å²) in [5.74, 6) is 1.10. The number of hydrogen-bond acceptors (Lipinski definition) is 5. The van der Waals surface area contributed by atoms with Gasteiger partial charge in [-0.1, -0.05) is 37.3 Å². The summed E-state index contributed by atoms with van der Waals surface area (Å²) in [6, 6.07) is 10.3. The molecule has 1 N–H and O–H groups in total. The molecule has 128 valence electrons. The van der Waals surface area contributed by atoms with Crippen molar-refractivity contribution in [3.63, 3.8) is 0 Å². The van der Waals surface area contributed by atoms with E-state index in [1.807, 2.05) is 18.2 Å². The van der Waals surface area contributed by atoms with E-state index < -0.39 is 0 Å². The number of carbonyl (C=O) groups is 1. The van der Waals surface area contributed by atoms with Gasteiger partial charge in [-0.05, 0) is 24.8 Å². The molecule has 5 nitrogen and oxygen atoms in total. The van der Waals surface area contributed by atoms with Crippen LogP contribution in [0, 0.1) is 5.92 Å². The third-order valence-electron chi connectivity index (χ3n) is 4.27. The molecule has 1 aliphatic heterocycles. The normalized spacial score (nSPS) is 17.7. The van der Waals surface area contributed by atoms with Gasteiger partial charge in [-0.3, -0.25) is 4.79 Å². The predicted molar refractivity (Wildman–Crippen MR) is 97.4 cm³/mol. The highest BCUT2D eigenvalue weighted by Gasteiger charge is 2.27. The number of anilines is 1. The van der Waals surface area contributed by atoms with Gasteiger partial charge in [0.15, 0.2) is 0 Å². The zero-order valence-electron chi connectivity index (χ0n) is 14.1. The highest BCUT2D eigenvalue weighted by Crippen LogP contribution is 2.25. The van der Waals surface area contributed by atoms with Crippen molar-refractivity contribution in [3.05, 3.63) is 41.7 Å². The second-order valence-electron chi connectivity index (χ2n) is 6.23. The molecule has 24 heavy (non-hydrogen) atoms. The first-order chi connectivity index (χ1) is 11.8. The molecule has 6 heteroatoms. The molecule has 2 aromatic rings. The average molecular weight is 344 g/mol. The zero-order valence-corrected chi connectivity index (χ0v) is 14.9. The van der Waals surface area contributed by atoms with Crippen LogP contribution >= 0.6 is 11.5 Å². The van der Waals surface area contributed by atoms with Crippen molar-refractivity contribution in [1.29, 1.82) is 0 Å². The maximum absolute atomic E-state index is 12.2.